The quantitative estimate of drug-likeness (QED) is 0.841. The largest absolute Gasteiger partial charge is 0.379 e. The molecule has 0 aromatic heterocycles. The van der Waals surface area contributed by atoms with Crippen LogP contribution in [0.4, 0.5) is 0 Å². The van der Waals surface area contributed by atoms with Crippen LogP contribution in [0.25, 0.3) is 0 Å². The molecule has 1 aromatic carbocycles. The van der Waals surface area contributed by atoms with E-state index in [1.54, 1.807) is 0 Å². The molecule has 1 saturated heterocycles. The number of rotatable bonds is 5. The minimum atomic E-state index is 0. The summed E-state index contributed by atoms with van der Waals surface area (Å²) < 4.78 is 5.31. The van der Waals surface area contributed by atoms with Crippen LogP contribution in [0.5, 0.6) is 0 Å². The second kappa shape index (κ2) is 10.7. The van der Waals surface area contributed by atoms with Gasteiger partial charge >= 0.3 is 0 Å². The first-order valence-electron chi connectivity index (χ1n) is 6.10. The van der Waals surface area contributed by atoms with Crippen molar-refractivity contribution in [3.63, 3.8) is 0 Å². The van der Waals surface area contributed by atoms with Gasteiger partial charge in [0.25, 0.3) is 0 Å². The highest BCUT2D eigenvalue weighted by Crippen LogP contribution is 2.14. The number of ether oxygens (including phenoxy) is 1. The third-order valence-electron chi connectivity index (χ3n) is 2.98. The maximum Gasteiger partial charge on any atom is 0.0594 e. The number of nitrogens with one attached hydrogen (secondary N) is 1. The predicted octanol–water partition coefficient (Wildman–Crippen LogP) is 2.61. The molecule has 0 spiro atoms. The van der Waals surface area contributed by atoms with E-state index in [0.29, 0.717) is 0 Å². The highest BCUT2D eigenvalue weighted by Gasteiger charge is 2.08. The van der Waals surface area contributed by atoms with Crippen LogP contribution in [0.2, 0.25) is 5.02 Å². The molecule has 2 rings (SSSR count). The molecule has 1 aliphatic rings. The van der Waals surface area contributed by atoms with E-state index in [9.17, 15) is 0 Å². The van der Waals surface area contributed by atoms with E-state index in [-0.39, 0.29) is 24.8 Å². The summed E-state index contributed by atoms with van der Waals surface area (Å²) in [6.45, 7) is 6.74. The van der Waals surface area contributed by atoms with Crippen molar-refractivity contribution < 1.29 is 4.74 Å². The Morgan fingerprint density at radius 2 is 1.84 bits per heavy atom. The standard InChI is InChI=1S/C13H19ClN2O.2ClH/c14-13-4-2-1-3-12(13)11-15-5-6-16-7-9-17-10-8-16;;/h1-4,15H,5-11H2;2*1H. The van der Waals surface area contributed by atoms with Gasteiger partial charge in [-0.15, -0.1) is 24.8 Å². The Morgan fingerprint density at radius 1 is 1.16 bits per heavy atom. The molecule has 0 unspecified atom stereocenters. The molecule has 1 aromatic rings. The zero-order chi connectivity index (χ0) is 11.9. The molecule has 0 saturated carbocycles. The Hall–Kier alpha value is -0.0300. The summed E-state index contributed by atoms with van der Waals surface area (Å²) in [5, 5.41) is 4.26. The summed E-state index contributed by atoms with van der Waals surface area (Å²) in [6, 6.07) is 7.97. The smallest absolute Gasteiger partial charge is 0.0594 e. The molecule has 1 heterocycles. The lowest BCUT2D eigenvalue weighted by atomic mass is 10.2. The summed E-state index contributed by atoms with van der Waals surface area (Å²) in [5.41, 5.74) is 1.16. The van der Waals surface area contributed by atoms with Crippen molar-refractivity contribution in [3.8, 4) is 0 Å². The molecule has 6 heteroatoms. The second-order valence-electron chi connectivity index (χ2n) is 4.22. The minimum absolute atomic E-state index is 0. The van der Waals surface area contributed by atoms with E-state index >= 15 is 0 Å². The number of hydrogen-bond acceptors (Lipinski definition) is 3. The summed E-state index contributed by atoms with van der Waals surface area (Å²) in [6.07, 6.45) is 0. The van der Waals surface area contributed by atoms with E-state index < -0.39 is 0 Å². The monoisotopic (exact) mass is 326 g/mol. The Labute approximate surface area is 132 Å². The van der Waals surface area contributed by atoms with Crippen LogP contribution in [0.1, 0.15) is 5.56 Å². The Bertz CT molecular complexity index is 346. The predicted molar refractivity (Wildman–Crippen MR) is 84.9 cm³/mol. The van der Waals surface area contributed by atoms with Crippen LogP contribution in [-0.2, 0) is 11.3 Å². The van der Waals surface area contributed by atoms with Crippen LogP contribution < -0.4 is 5.32 Å². The highest BCUT2D eigenvalue weighted by atomic mass is 35.5. The molecule has 0 amide bonds. The Balaban J connectivity index is 0.00000162. The van der Waals surface area contributed by atoms with Crippen molar-refractivity contribution in [2.24, 2.45) is 0 Å². The van der Waals surface area contributed by atoms with Crippen molar-refractivity contribution >= 4 is 36.4 Å². The van der Waals surface area contributed by atoms with Crippen molar-refractivity contribution in [3.05, 3.63) is 34.9 Å². The van der Waals surface area contributed by atoms with Crippen molar-refractivity contribution in [2.75, 3.05) is 39.4 Å². The highest BCUT2D eigenvalue weighted by molar-refractivity contribution is 6.31. The number of morpholine rings is 1. The van der Waals surface area contributed by atoms with E-state index in [1.807, 2.05) is 18.2 Å². The van der Waals surface area contributed by atoms with E-state index in [1.165, 1.54) is 0 Å². The zero-order valence-corrected chi connectivity index (χ0v) is 13.2. The molecule has 110 valence electrons. The van der Waals surface area contributed by atoms with Crippen molar-refractivity contribution in [2.45, 2.75) is 6.54 Å². The third-order valence-corrected chi connectivity index (χ3v) is 3.35. The summed E-state index contributed by atoms with van der Waals surface area (Å²) in [7, 11) is 0. The molecule has 0 atom stereocenters. The summed E-state index contributed by atoms with van der Waals surface area (Å²) >= 11 is 6.08. The molecular weight excluding hydrogens is 307 g/mol. The lowest BCUT2D eigenvalue weighted by Crippen LogP contribution is -2.40. The normalized spacial score (nSPS) is 15.4. The third kappa shape index (κ3) is 6.80. The van der Waals surface area contributed by atoms with Crippen LogP contribution in [0.15, 0.2) is 24.3 Å². The van der Waals surface area contributed by atoms with Crippen molar-refractivity contribution in [1.82, 2.24) is 10.2 Å². The van der Waals surface area contributed by atoms with Crippen LogP contribution >= 0.6 is 36.4 Å². The van der Waals surface area contributed by atoms with Gasteiger partial charge in [-0.25, -0.2) is 0 Å². The molecule has 1 N–H and O–H groups in total. The SMILES string of the molecule is Cl.Cl.Clc1ccccc1CNCCN1CCOCC1. The van der Waals surface area contributed by atoms with Gasteiger partial charge in [0.15, 0.2) is 0 Å². The molecule has 19 heavy (non-hydrogen) atoms. The van der Waals surface area contributed by atoms with Gasteiger partial charge in [0.05, 0.1) is 13.2 Å². The summed E-state index contributed by atoms with van der Waals surface area (Å²) in [4.78, 5) is 2.42. The fraction of sp³-hybridized carbons (Fsp3) is 0.538. The Kier molecular flexibility index (Phi) is 10.7. The summed E-state index contributed by atoms with van der Waals surface area (Å²) in [5.74, 6) is 0. The van der Waals surface area contributed by atoms with E-state index in [4.69, 9.17) is 16.3 Å². The number of benzene rings is 1. The van der Waals surface area contributed by atoms with Crippen molar-refractivity contribution in [1.29, 1.82) is 0 Å². The number of nitrogens with zero attached hydrogens (tertiary/aromatic N) is 1. The molecule has 0 radical (unpaired) electrons. The first kappa shape index (κ1) is 19.0. The average Bonchev–Trinajstić information content (AvgIpc) is 2.38. The molecule has 0 bridgehead atoms. The fourth-order valence-corrected chi connectivity index (χ4v) is 2.13. The van der Waals surface area contributed by atoms with Crippen LogP contribution in [0.3, 0.4) is 0 Å². The van der Waals surface area contributed by atoms with E-state index in [2.05, 4.69) is 16.3 Å². The van der Waals surface area contributed by atoms with Gasteiger partial charge < -0.3 is 10.1 Å². The maximum absolute atomic E-state index is 6.08. The molecular formula is C13H21Cl3N2O. The van der Waals surface area contributed by atoms with E-state index in [0.717, 1.165) is 56.5 Å². The number of halogens is 3. The maximum atomic E-state index is 6.08. The van der Waals surface area contributed by atoms with Gasteiger partial charge in [-0.3, -0.25) is 4.90 Å². The molecule has 1 fully saturated rings. The molecule has 3 nitrogen and oxygen atoms in total. The average molecular weight is 328 g/mol. The topological polar surface area (TPSA) is 24.5 Å². The van der Waals surface area contributed by atoms with Gasteiger partial charge in [-0.2, -0.15) is 0 Å². The lowest BCUT2D eigenvalue weighted by Gasteiger charge is -2.26. The first-order chi connectivity index (χ1) is 8.36. The van der Waals surface area contributed by atoms with Gasteiger partial charge in [-0.05, 0) is 11.6 Å². The molecule has 1 aliphatic heterocycles. The van der Waals surface area contributed by atoms with Gasteiger partial charge in [0.1, 0.15) is 0 Å². The van der Waals surface area contributed by atoms with Gasteiger partial charge in [0.2, 0.25) is 0 Å². The van der Waals surface area contributed by atoms with Gasteiger partial charge in [0, 0.05) is 37.7 Å². The lowest BCUT2D eigenvalue weighted by molar-refractivity contribution is 0.0384. The Morgan fingerprint density at radius 3 is 2.53 bits per heavy atom. The first-order valence-corrected chi connectivity index (χ1v) is 6.48. The van der Waals surface area contributed by atoms with Crippen LogP contribution in [0, 0.1) is 0 Å². The van der Waals surface area contributed by atoms with Gasteiger partial charge in [-0.1, -0.05) is 29.8 Å². The number of hydrogen-bond donors (Lipinski definition) is 1. The van der Waals surface area contributed by atoms with Crippen LogP contribution in [-0.4, -0.2) is 44.3 Å². The fourth-order valence-electron chi connectivity index (χ4n) is 1.93. The second-order valence-corrected chi connectivity index (χ2v) is 4.63. The molecule has 0 aliphatic carbocycles. The minimum Gasteiger partial charge on any atom is -0.379 e. The zero-order valence-electron chi connectivity index (χ0n) is 10.8.